The highest BCUT2D eigenvalue weighted by Crippen LogP contribution is 2.22. The number of aromatic amines is 1. The molecule has 1 aliphatic rings. The molecule has 27 heavy (non-hydrogen) atoms. The summed E-state index contributed by atoms with van der Waals surface area (Å²) in [5.41, 5.74) is 1.62. The highest BCUT2D eigenvalue weighted by atomic mass is 16.2. The number of hydrogen-bond donors (Lipinski definition) is 2. The Labute approximate surface area is 157 Å². The number of hydrogen-bond acceptors (Lipinski definition) is 4. The van der Waals surface area contributed by atoms with Crippen LogP contribution in [-0.2, 0) is 16.0 Å². The minimum absolute atomic E-state index is 0.0478. The lowest BCUT2D eigenvalue weighted by Crippen LogP contribution is -2.44. The summed E-state index contributed by atoms with van der Waals surface area (Å²) in [6.45, 7) is 4.73. The van der Waals surface area contributed by atoms with Crippen molar-refractivity contribution in [3.63, 3.8) is 0 Å². The summed E-state index contributed by atoms with van der Waals surface area (Å²) >= 11 is 0. The minimum Gasteiger partial charge on any atom is -0.347 e. The quantitative estimate of drug-likeness (QED) is 0.811. The van der Waals surface area contributed by atoms with Crippen molar-refractivity contribution in [2.45, 2.75) is 33.1 Å². The second kappa shape index (κ2) is 8.20. The molecule has 144 valence electrons. The fourth-order valence-corrected chi connectivity index (χ4v) is 3.49. The van der Waals surface area contributed by atoms with Gasteiger partial charge in [-0.25, -0.2) is 14.5 Å². The maximum absolute atomic E-state index is 12.3. The fraction of sp³-hybridized carbons (Fsp3) is 0.474. The molecule has 1 aromatic heterocycles. The first kappa shape index (κ1) is 18.9. The van der Waals surface area contributed by atoms with Crippen molar-refractivity contribution in [1.82, 2.24) is 25.0 Å². The SMILES string of the molecule is CC(=O)NCC(=O)N1CCC(Cc2n[nH]c(=O)n2-c2ccccc2C)CC1. The third-order valence-corrected chi connectivity index (χ3v) is 5.03. The summed E-state index contributed by atoms with van der Waals surface area (Å²) in [6, 6.07) is 7.73. The third kappa shape index (κ3) is 4.45. The van der Waals surface area contributed by atoms with Crippen LogP contribution in [0.4, 0.5) is 0 Å². The van der Waals surface area contributed by atoms with Gasteiger partial charge in [-0.3, -0.25) is 9.59 Å². The van der Waals surface area contributed by atoms with E-state index in [2.05, 4.69) is 15.5 Å². The number of rotatable bonds is 5. The standard InChI is InChI=1S/C19H25N5O3/c1-13-5-3-4-6-16(13)24-17(21-22-19(24)27)11-15-7-9-23(10-8-15)18(26)12-20-14(2)25/h3-6,15H,7-12H2,1-2H3,(H,20,25)(H,22,27). The highest BCUT2D eigenvalue weighted by molar-refractivity contribution is 5.83. The molecular formula is C19H25N5O3. The van der Waals surface area contributed by atoms with Gasteiger partial charge in [-0.1, -0.05) is 18.2 Å². The van der Waals surface area contributed by atoms with Crippen LogP contribution < -0.4 is 11.0 Å². The molecule has 0 unspecified atom stereocenters. The Balaban J connectivity index is 1.64. The van der Waals surface area contributed by atoms with E-state index in [1.54, 1.807) is 9.47 Å². The zero-order chi connectivity index (χ0) is 19.4. The molecule has 1 aromatic carbocycles. The second-order valence-electron chi connectivity index (χ2n) is 7.00. The first-order valence-corrected chi connectivity index (χ1v) is 9.20. The number of likely N-dealkylation sites (tertiary alicyclic amines) is 1. The predicted octanol–water partition coefficient (Wildman–Crippen LogP) is 0.786. The van der Waals surface area contributed by atoms with E-state index in [0.717, 1.165) is 29.9 Å². The van der Waals surface area contributed by atoms with E-state index in [0.29, 0.717) is 25.4 Å². The number of H-pyrrole nitrogens is 1. The van der Waals surface area contributed by atoms with Crippen LogP contribution in [0.25, 0.3) is 5.69 Å². The first-order valence-electron chi connectivity index (χ1n) is 9.20. The maximum atomic E-state index is 12.3. The van der Waals surface area contributed by atoms with Crippen molar-refractivity contribution < 1.29 is 9.59 Å². The van der Waals surface area contributed by atoms with Gasteiger partial charge in [0.1, 0.15) is 5.82 Å². The van der Waals surface area contributed by atoms with Crippen LogP contribution >= 0.6 is 0 Å². The number of carbonyl (C=O) groups is 2. The van der Waals surface area contributed by atoms with Crippen molar-refractivity contribution in [3.8, 4) is 5.69 Å². The summed E-state index contributed by atoms with van der Waals surface area (Å²) in [5.74, 6) is 0.816. The highest BCUT2D eigenvalue weighted by Gasteiger charge is 2.25. The molecule has 2 amide bonds. The lowest BCUT2D eigenvalue weighted by atomic mass is 9.93. The number of aryl methyl sites for hydroxylation is 1. The number of aromatic nitrogens is 3. The summed E-state index contributed by atoms with van der Waals surface area (Å²) in [4.78, 5) is 37.1. The van der Waals surface area contributed by atoms with Gasteiger partial charge in [0, 0.05) is 26.4 Å². The number of carbonyl (C=O) groups excluding carboxylic acids is 2. The monoisotopic (exact) mass is 371 g/mol. The van der Waals surface area contributed by atoms with Gasteiger partial charge in [0.15, 0.2) is 0 Å². The van der Waals surface area contributed by atoms with Crippen LogP contribution in [0.1, 0.15) is 31.2 Å². The molecule has 1 aliphatic heterocycles. The number of nitrogens with one attached hydrogen (secondary N) is 2. The Kier molecular flexibility index (Phi) is 5.73. The van der Waals surface area contributed by atoms with E-state index >= 15 is 0 Å². The van der Waals surface area contributed by atoms with Crippen LogP contribution in [0.3, 0.4) is 0 Å². The number of amides is 2. The van der Waals surface area contributed by atoms with Gasteiger partial charge in [0.05, 0.1) is 12.2 Å². The van der Waals surface area contributed by atoms with Gasteiger partial charge in [0.2, 0.25) is 11.8 Å². The zero-order valence-corrected chi connectivity index (χ0v) is 15.7. The molecule has 2 heterocycles. The summed E-state index contributed by atoms with van der Waals surface area (Å²) in [7, 11) is 0. The Morgan fingerprint density at radius 3 is 2.63 bits per heavy atom. The molecule has 0 radical (unpaired) electrons. The topological polar surface area (TPSA) is 100 Å². The molecule has 0 spiro atoms. The lowest BCUT2D eigenvalue weighted by molar-refractivity contribution is -0.133. The van der Waals surface area contributed by atoms with E-state index in [1.165, 1.54) is 6.92 Å². The van der Waals surface area contributed by atoms with E-state index in [-0.39, 0.29) is 24.0 Å². The largest absolute Gasteiger partial charge is 0.347 e. The van der Waals surface area contributed by atoms with Crippen molar-refractivity contribution in [3.05, 3.63) is 46.1 Å². The molecule has 0 atom stereocenters. The second-order valence-corrected chi connectivity index (χ2v) is 7.00. The van der Waals surface area contributed by atoms with Gasteiger partial charge in [-0.2, -0.15) is 5.10 Å². The van der Waals surface area contributed by atoms with Crippen molar-refractivity contribution >= 4 is 11.8 Å². The molecule has 2 N–H and O–H groups in total. The molecule has 0 bridgehead atoms. The molecular weight excluding hydrogens is 346 g/mol. The Morgan fingerprint density at radius 1 is 1.26 bits per heavy atom. The minimum atomic E-state index is -0.234. The van der Waals surface area contributed by atoms with Crippen molar-refractivity contribution in [2.24, 2.45) is 5.92 Å². The molecule has 8 nitrogen and oxygen atoms in total. The van der Waals surface area contributed by atoms with Gasteiger partial charge in [-0.05, 0) is 37.3 Å². The molecule has 3 rings (SSSR count). The van der Waals surface area contributed by atoms with Crippen molar-refractivity contribution in [1.29, 1.82) is 0 Å². The number of piperidine rings is 1. The predicted molar refractivity (Wildman–Crippen MR) is 101 cm³/mol. The smallest absolute Gasteiger partial charge is 0.347 e. The van der Waals surface area contributed by atoms with Gasteiger partial charge in [-0.15, -0.1) is 0 Å². The van der Waals surface area contributed by atoms with Crippen LogP contribution in [0, 0.1) is 12.8 Å². The van der Waals surface area contributed by atoms with E-state index in [4.69, 9.17) is 0 Å². The summed E-state index contributed by atoms with van der Waals surface area (Å²) in [5, 5.41) is 9.33. The zero-order valence-electron chi connectivity index (χ0n) is 15.7. The Bertz CT molecular complexity index is 877. The number of benzene rings is 1. The molecule has 2 aromatic rings. The van der Waals surface area contributed by atoms with Crippen LogP contribution in [-0.4, -0.2) is 51.1 Å². The number of nitrogens with zero attached hydrogens (tertiary/aromatic N) is 3. The lowest BCUT2D eigenvalue weighted by Gasteiger charge is -2.32. The molecule has 0 aliphatic carbocycles. The van der Waals surface area contributed by atoms with E-state index in [1.807, 2.05) is 31.2 Å². The van der Waals surface area contributed by atoms with Crippen LogP contribution in [0.2, 0.25) is 0 Å². The van der Waals surface area contributed by atoms with Gasteiger partial charge >= 0.3 is 5.69 Å². The average molecular weight is 371 g/mol. The molecule has 1 fully saturated rings. The Hall–Kier alpha value is -2.90. The third-order valence-electron chi connectivity index (χ3n) is 5.03. The van der Waals surface area contributed by atoms with Gasteiger partial charge < -0.3 is 10.2 Å². The maximum Gasteiger partial charge on any atom is 0.347 e. The van der Waals surface area contributed by atoms with E-state index < -0.39 is 0 Å². The average Bonchev–Trinajstić information content (AvgIpc) is 3.01. The Morgan fingerprint density at radius 2 is 1.96 bits per heavy atom. The van der Waals surface area contributed by atoms with E-state index in [9.17, 15) is 14.4 Å². The number of para-hydroxylation sites is 1. The normalized spacial score (nSPS) is 15.0. The molecule has 8 heteroatoms. The molecule has 1 saturated heterocycles. The first-order chi connectivity index (χ1) is 13.0. The van der Waals surface area contributed by atoms with Crippen LogP contribution in [0.5, 0.6) is 0 Å². The molecule has 0 saturated carbocycles. The van der Waals surface area contributed by atoms with Crippen LogP contribution in [0.15, 0.2) is 29.1 Å². The fourth-order valence-electron chi connectivity index (χ4n) is 3.49. The summed E-state index contributed by atoms with van der Waals surface area (Å²) in [6.07, 6.45) is 2.38. The van der Waals surface area contributed by atoms with Crippen molar-refractivity contribution in [2.75, 3.05) is 19.6 Å². The van der Waals surface area contributed by atoms with Gasteiger partial charge in [0.25, 0.3) is 0 Å². The summed E-state index contributed by atoms with van der Waals surface area (Å²) < 4.78 is 1.64.